The molecule has 0 spiro atoms. The maximum Gasteiger partial charge on any atom is -0.00388 e. The number of rotatable bonds is 1. The van der Waals surface area contributed by atoms with Gasteiger partial charge in [0.05, 0.1) is 0 Å². The molecule has 25 heavy (non-hydrogen) atoms. The second-order valence-electron chi connectivity index (χ2n) is 9.42. The van der Waals surface area contributed by atoms with Gasteiger partial charge in [0.15, 0.2) is 0 Å². The maximum atomic E-state index is 2.54. The Bertz CT molecular complexity index is 958. The molecule has 4 saturated carbocycles. The van der Waals surface area contributed by atoms with Crippen LogP contribution in [0.25, 0.3) is 21.5 Å². The molecule has 4 aliphatic carbocycles. The van der Waals surface area contributed by atoms with Crippen molar-refractivity contribution in [1.29, 1.82) is 0 Å². The van der Waals surface area contributed by atoms with E-state index in [4.69, 9.17) is 0 Å². The molecule has 3 aromatic carbocycles. The van der Waals surface area contributed by atoms with Crippen molar-refractivity contribution < 1.29 is 0 Å². The van der Waals surface area contributed by atoms with Crippen LogP contribution in [0.2, 0.25) is 0 Å². The zero-order valence-electron chi connectivity index (χ0n) is 15.1. The van der Waals surface area contributed by atoms with Gasteiger partial charge in [0.2, 0.25) is 0 Å². The summed E-state index contributed by atoms with van der Waals surface area (Å²) < 4.78 is 0. The monoisotopic (exact) mass is 326 g/mol. The molecule has 4 fully saturated rings. The summed E-state index contributed by atoms with van der Waals surface area (Å²) in [4.78, 5) is 0. The Labute approximate surface area is 150 Å². The van der Waals surface area contributed by atoms with Crippen LogP contribution in [0.4, 0.5) is 0 Å². The molecule has 0 heteroatoms. The van der Waals surface area contributed by atoms with Crippen molar-refractivity contribution in [1.82, 2.24) is 0 Å². The number of hydrogen-bond donors (Lipinski definition) is 0. The molecule has 0 atom stereocenters. The smallest absolute Gasteiger partial charge is 0.00388 e. The first-order valence-electron chi connectivity index (χ1n) is 10.1. The van der Waals surface area contributed by atoms with Gasteiger partial charge in [-0.15, -0.1) is 0 Å². The molecular weight excluding hydrogens is 300 g/mol. The predicted molar refractivity (Wildman–Crippen MR) is 106 cm³/mol. The first kappa shape index (κ1) is 14.4. The van der Waals surface area contributed by atoms with Gasteiger partial charge >= 0.3 is 0 Å². The van der Waals surface area contributed by atoms with E-state index in [-0.39, 0.29) is 0 Å². The molecule has 0 saturated heterocycles. The summed E-state index contributed by atoms with van der Waals surface area (Å²) in [6.45, 7) is 2.18. The molecule has 0 nitrogen and oxygen atoms in total. The number of benzene rings is 3. The highest BCUT2D eigenvalue weighted by Gasteiger charge is 2.51. The van der Waals surface area contributed by atoms with Gasteiger partial charge < -0.3 is 0 Å². The summed E-state index contributed by atoms with van der Waals surface area (Å²) in [5.41, 5.74) is 3.49. The SMILES string of the molecule is Cc1ccc2c(ccc3cc(C45CC6CC(CC(C6)C4)C5)ccc32)c1. The van der Waals surface area contributed by atoms with Gasteiger partial charge in [-0.2, -0.15) is 0 Å². The molecule has 126 valence electrons. The van der Waals surface area contributed by atoms with E-state index in [1.54, 1.807) is 5.56 Å². The zero-order chi connectivity index (χ0) is 16.6. The lowest BCUT2D eigenvalue weighted by atomic mass is 9.48. The fraction of sp³-hybridized carbons (Fsp3) is 0.440. The molecule has 0 aromatic heterocycles. The number of aryl methyl sites for hydroxylation is 1. The third kappa shape index (κ3) is 2.06. The van der Waals surface area contributed by atoms with E-state index in [0.717, 1.165) is 17.8 Å². The third-order valence-corrected chi connectivity index (χ3v) is 7.64. The van der Waals surface area contributed by atoms with Crippen molar-refractivity contribution in [3.63, 3.8) is 0 Å². The Hall–Kier alpha value is -1.82. The fourth-order valence-corrected chi connectivity index (χ4v) is 6.98. The molecular formula is C25H26. The van der Waals surface area contributed by atoms with Gasteiger partial charge in [0, 0.05) is 0 Å². The van der Waals surface area contributed by atoms with Crippen molar-refractivity contribution in [3.05, 3.63) is 59.7 Å². The van der Waals surface area contributed by atoms with Crippen LogP contribution in [-0.2, 0) is 5.41 Å². The summed E-state index contributed by atoms with van der Waals surface area (Å²) in [6, 6.07) is 19.0. The standard InChI is InChI=1S/C25H26/c1-16-2-6-23-20(8-16)3-4-21-12-22(5-7-24(21)23)25-13-17-9-18(14-25)11-19(10-17)15-25/h2-8,12,17-19H,9-11,13-15H2,1H3. The number of fused-ring (bicyclic) bond motifs is 3. The third-order valence-electron chi connectivity index (χ3n) is 7.64. The quantitative estimate of drug-likeness (QED) is 0.433. The highest BCUT2D eigenvalue weighted by atomic mass is 14.6. The van der Waals surface area contributed by atoms with Gasteiger partial charge in [0.25, 0.3) is 0 Å². The fourth-order valence-electron chi connectivity index (χ4n) is 6.98. The van der Waals surface area contributed by atoms with Crippen molar-refractivity contribution in [2.24, 2.45) is 17.8 Å². The van der Waals surface area contributed by atoms with Gasteiger partial charge in [-0.1, -0.05) is 54.1 Å². The Morgan fingerprint density at radius 2 is 1.24 bits per heavy atom. The molecule has 4 aliphatic rings. The van der Waals surface area contributed by atoms with Crippen molar-refractivity contribution >= 4 is 21.5 Å². The van der Waals surface area contributed by atoms with E-state index in [2.05, 4.69) is 55.5 Å². The Kier molecular flexibility index (Phi) is 2.80. The van der Waals surface area contributed by atoms with Crippen LogP contribution in [0.3, 0.4) is 0 Å². The minimum absolute atomic E-state index is 0.505. The average Bonchev–Trinajstić information content (AvgIpc) is 2.59. The molecule has 4 bridgehead atoms. The summed E-state index contributed by atoms with van der Waals surface area (Å²) in [7, 11) is 0. The first-order valence-corrected chi connectivity index (χ1v) is 10.1. The summed E-state index contributed by atoms with van der Waals surface area (Å²) in [5.74, 6) is 3.05. The van der Waals surface area contributed by atoms with Crippen LogP contribution in [0.5, 0.6) is 0 Å². The molecule has 0 heterocycles. The highest BCUT2D eigenvalue weighted by Crippen LogP contribution is 2.60. The van der Waals surface area contributed by atoms with Gasteiger partial charge in [0.1, 0.15) is 0 Å². The van der Waals surface area contributed by atoms with Gasteiger partial charge in [-0.3, -0.25) is 0 Å². The van der Waals surface area contributed by atoms with Crippen LogP contribution < -0.4 is 0 Å². The molecule has 7 rings (SSSR count). The van der Waals surface area contributed by atoms with E-state index in [1.807, 2.05) is 0 Å². The molecule has 0 N–H and O–H groups in total. The summed E-state index contributed by atoms with van der Waals surface area (Å²) in [6.07, 6.45) is 8.94. The maximum absolute atomic E-state index is 2.54. The van der Waals surface area contributed by atoms with E-state index >= 15 is 0 Å². The van der Waals surface area contributed by atoms with Crippen LogP contribution in [0, 0.1) is 24.7 Å². The average molecular weight is 326 g/mol. The highest BCUT2D eigenvalue weighted by molar-refractivity contribution is 6.07. The van der Waals surface area contributed by atoms with E-state index in [1.165, 1.54) is 65.6 Å². The van der Waals surface area contributed by atoms with Crippen LogP contribution in [-0.4, -0.2) is 0 Å². The summed E-state index contributed by atoms with van der Waals surface area (Å²) in [5, 5.41) is 5.63. The first-order chi connectivity index (χ1) is 12.2. The van der Waals surface area contributed by atoms with Crippen molar-refractivity contribution in [2.45, 2.75) is 50.9 Å². The largest absolute Gasteiger partial charge is 0.0587 e. The second-order valence-corrected chi connectivity index (χ2v) is 9.42. The Morgan fingerprint density at radius 1 is 0.680 bits per heavy atom. The van der Waals surface area contributed by atoms with E-state index in [0.29, 0.717) is 5.41 Å². The minimum atomic E-state index is 0.505. The lowest BCUT2D eigenvalue weighted by Crippen LogP contribution is -2.48. The molecule has 0 aliphatic heterocycles. The molecule has 3 aromatic rings. The van der Waals surface area contributed by atoms with Gasteiger partial charge in [-0.25, -0.2) is 0 Å². The summed E-state index contributed by atoms with van der Waals surface area (Å²) >= 11 is 0. The van der Waals surface area contributed by atoms with Crippen molar-refractivity contribution in [3.8, 4) is 0 Å². The normalized spacial score (nSPS) is 33.4. The van der Waals surface area contributed by atoms with Crippen LogP contribution in [0.1, 0.15) is 49.7 Å². The van der Waals surface area contributed by atoms with E-state index in [9.17, 15) is 0 Å². The van der Waals surface area contributed by atoms with E-state index < -0.39 is 0 Å². The Balaban J connectivity index is 1.51. The molecule has 0 radical (unpaired) electrons. The lowest BCUT2D eigenvalue weighted by Gasteiger charge is -2.57. The zero-order valence-corrected chi connectivity index (χ0v) is 15.1. The second kappa shape index (κ2) is 4.87. The van der Waals surface area contributed by atoms with Crippen LogP contribution >= 0.6 is 0 Å². The molecule has 0 amide bonds. The van der Waals surface area contributed by atoms with Gasteiger partial charge in [-0.05, 0) is 95.7 Å². The topological polar surface area (TPSA) is 0 Å². The number of hydrogen-bond acceptors (Lipinski definition) is 0. The lowest BCUT2D eigenvalue weighted by molar-refractivity contribution is -0.00512. The minimum Gasteiger partial charge on any atom is -0.0587 e. The molecule has 0 unspecified atom stereocenters. The van der Waals surface area contributed by atoms with Crippen LogP contribution in [0.15, 0.2) is 48.5 Å². The predicted octanol–water partition coefficient (Wildman–Crippen LogP) is 6.77. The van der Waals surface area contributed by atoms with Crippen molar-refractivity contribution in [2.75, 3.05) is 0 Å². The Morgan fingerprint density at radius 3 is 1.88 bits per heavy atom.